The first-order chi connectivity index (χ1) is 12.9. The van der Waals surface area contributed by atoms with Crippen LogP contribution in [0.2, 0.25) is 0 Å². The van der Waals surface area contributed by atoms with Crippen molar-refractivity contribution in [3.63, 3.8) is 0 Å². The van der Waals surface area contributed by atoms with E-state index in [0.717, 1.165) is 16.8 Å². The molecule has 0 aliphatic carbocycles. The highest BCUT2D eigenvalue weighted by atomic mass is 19.1. The number of rotatable bonds is 5. The van der Waals surface area contributed by atoms with Gasteiger partial charge in [-0.3, -0.25) is 4.79 Å². The SMILES string of the molecule is Cc1cc(C)n(Cc2c(F)cccc2F)c1C(=O)N[C@H](C)c1ccccc1. The van der Waals surface area contributed by atoms with Gasteiger partial charge in [-0.05, 0) is 50.1 Å². The van der Waals surface area contributed by atoms with Crippen LogP contribution in [-0.2, 0) is 6.54 Å². The summed E-state index contributed by atoms with van der Waals surface area (Å²) < 4.78 is 29.8. The van der Waals surface area contributed by atoms with Crippen LogP contribution in [-0.4, -0.2) is 10.5 Å². The summed E-state index contributed by atoms with van der Waals surface area (Å²) in [5.41, 5.74) is 2.88. The van der Waals surface area contributed by atoms with Gasteiger partial charge in [0.25, 0.3) is 5.91 Å². The maximum absolute atomic E-state index is 14.1. The van der Waals surface area contributed by atoms with Crippen molar-refractivity contribution in [2.24, 2.45) is 0 Å². The van der Waals surface area contributed by atoms with E-state index in [9.17, 15) is 13.6 Å². The van der Waals surface area contributed by atoms with E-state index in [1.54, 1.807) is 4.57 Å². The number of nitrogens with zero attached hydrogens (tertiary/aromatic N) is 1. The summed E-state index contributed by atoms with van der Waals surface area (Å²) in [5.74, 6) is -1.51. The van der Waals surface area contributed by atoms with Crippen molar-refractivity contribution in [2.45, 2.75) is 33.4 Å². The second-order valence-electron chi connectivity index (χ2n) is 6.71. The van der Waals surface area contributed by atoms with E-state index >= 15 is 0 Å². The fourth-order valence-corrected chi connectivity index (χ4v) is 3.29. The lowest BCUT2D eigenvalue weighted by Crippen LogP contribution is -2.29. The molecule has 1 atom stereocenters. The Labute approximate surface area is 157 Å². The average Bonchev–Trinajstić information content (AvgIpc) is 2.92. The summed E-state index contributed by atoms with van der Waals surface area (Å²) in [6, 6.07) is 15.1. The minimum atomic E-state index is -0.621. The van der Waals surface area contributed by atoms with Gasteiger partial charge in [-0.15, -0.1) is 0 Å². The number of benzene rings is 2. The molecule has 0 saturated carbocycles. The zero-order valence-corrected chi connectivity index (χ0v) is 15.6. The smallest absolute Gasteiger partial charge is 0.268 e. The molecule has 0 fully saturated rings. The fourth-order valence-electron chi connectivity index (χ4n) is 3.29. The molecule has 1 amide bonds. The monoisotopic (exact) mass is 368 g/mol. The summed E-state index contributed by atoms with van der Waals surface area (Å²) in [6.45, 7) is 5.51. The van der Waals surface area contributed by atoms with E-state index in [0.29, 0.717) is 5.69 Å². The van der Waals surface area contributed by atoms with Gasteiger partial charge in [-0.2, -0.15) is 0 Å². The maximum atomic E-state index is 14.1. The van der Waals surface area contributed by atoms with Crippen LogP contribution in [0.25, 0.3) is 0 Å². The van der Waals surface area contributed by atoms with Crippen molar-refractivity contribution >= 4 is 5.91 Å². The second kappa shape index (κ2) is 7.74. The molecule has 3 nitrogen and oxygen atoms in total. The van der Waals surface area contributed by atoms with Crippen molar-refractivity contribution in [1.29, 1.82) is 0 Å². The molecule has 0 aliphatic rings. The Balaban J connectivity index is 1.91. The van der Waals surface area contributed by atoms with Gasteiger partial charge in [0.15, 0.2) is 0 Å². The summed E-state index contributed by atoms with van der Waals surface area (Å²) in [5, 5.41) is 2.97. The first kappa shape index (κ1) is 18.8. The van der Waals surface area contributed by atoms with E-state index in [2.05, 4.69) is 5.32 Å². The summed E-state index contributed by atoms with van der Waals surface area (Å²) in [4.78, 5) is 12.9. The highest BCUT2D eigenvalue weighted by Crippen LogP contribution is 2.21. The van der Waals surface area contributed by atoms with Gasteiger partial charge < -0.3 is 9.88 Å². The van der Waals surface area contributed by atoms with Crippen LogP contribution >= 0.6 is 0 Å². The Bertz CT molecular complexity index is 944. The molecular formula is C22H22F2N2O. The Kier molecular flexibility index (Phi) is 5.40. The van der Waals surface area contributed by atoms with E-state index in [1.807, 2.05) is 57.2 Å². The predicted octanol–water partition coefficient (Wildman–Crippen LogP) is 4.92. The third-order valence-electron chi connectivity index (χ3n) is 4.73. The van der Waals surface area contributed by atoms with Gasteiger partial charge in [0.2, 0.25) is 0 Å². The van der Waals surface area contributed by atoms with Gasteiger partial charge in [0.05, 0.1) is 12.6 Å². The van der Waals surface area contributed by atoms with E-state index in [-0.39, 0.29) is 24.1 Å². The average molecular weight is 368 g/mol. The standard InChI is InChI=1S/C22H22F2N2O/c1-14-12-15(2)26(13-18-19(23)10-7-11-20(18)24)21(14)22(27)25-16(3)17-8-5-4-6-9-17/h4-12,16H,13H2,1-3H3,(H,25,27)/t16-/m1/s1. The lowest BCUT2D eigenvalue weighted by molar-refractivity contribution is 0.0930. The molecule has 0 saturated heterocycles. The first-order valence-electron chi connectivity index (χ1n) is 8.84. The molecule has 0 spiro atoms. The number of nitrogens with one attached hydrogen (secondary N) is 1. The van der Waals surface area contributed by atoms with Crippen molar-refractivity contribution in [1.82, 2.24) is 9.88 Å². The molecule has 3 aromatic rings. The normalized spacial score (nSPS) is 12.0. The molecule has 27 heavy (non-hydrogen) atoms. The third-order valence-corrected chi connectivity index (χ3v) is 4.73. The number of aromatic nitrogens is 1. The molecule has 0 bridgehead atoms. The zero-order valence-electron chi connectivity index (χ0n) is 15.6. The highest BCUT2D eigenvalue weighted by Gasteiger charge is 2.21. The maximum Gasteiger partial charge on any atom is 0.268 e. The number of hydrogen-bond acceptors (Lipinski definition) is 1. The molecule has 0 aliphatic heterocycles. The second-order valence-corrected chi connectivity index (χ2v) is 6.71. The summed E-state index contributed by atoms with van der Waals surface area (Å²) in [7, 11) is 0. The molecule has 0 radical (unpaired) electrons. The minimum Gasteiger partial charge on any atom is -0.344 e. The Morgan fingerprint density at radius 3 is 2.30 bits per heavy atom. The largest absolute Gasteiger partial charge is 0.344 e. The number of amides is 1. The van der Waals surface area contributed by atoms with Crippen LogP contribution in [0, 0.1) is 25.5 Å². The van der Waals surface area contributed by atoms with Gasteiger partial charge in [0.1, 0.15) is 17.3 Å². The lowest BCUT2D eigenvalue weighted by atomic mass is 10.1. The molecule has 3 rings (SSSR count). The van der Waals surface area contributed by atoms with Crippen molar-refractivity contribution in [3.05, 3.63) is 94.3 Å². The Morgan fingerprint density at radius 1 is 1.04 bits per heavy atom. The quantitative estimate of drug-likeness (QED) is 0.681. The highest BCUT2D eigenvalue weighted by molar-refractivity contribution is 5.94. The molecule has 5 heteroatoms. The number of halogens is 2. The summed E-state index contributed by atoms with van der Waals surface area (Å²) in [6.07, 6.45) is 0. The number of carbonyl (C=O) groups excluding carboxylic acids is 1. The predicted molar refractivity (Wildman–Crippen MR) is 102 cm³/mol. The van der Waals surface area contributed by atoms with Gasteiger partial charge >= 0.3 is 0 Å². The minimum absolute atomic E-state index is 0.0410. The molecule has 1 heterocycles. The molecule has 1 N–H and O–H groups in total. The van der Waals surface area contributed by atoms with E-state index in [4.69, 9.17) is 0 Å². The van der Waals surface area contributed by atoms with Crippen molar-refractivity contribution in [3.8, 4) is 0 Å². The zero-order chi connectivity index (χ0) is 19.6. The Hall–Kier alpha value is -2.95. The lowest BCUT2D eigenvalue weighted by Gasteiger charge is -2.17. The van der Waals surface area contributed by atoms with Crippen molar-refractivity contribution in [2.75, 3.05) is 0 Å². The van der Waals surface area contributed by atoms with Crippen LogP contribution < -0.4 is 5.32 Å². The van der Waals surface area contributed by atoms with Crippen LogP contribution in [0.1, 0.15) is 45.8 Å². The Morgan fingerprint density at radius 2 is 1.67 bits per heavy atom. The van der Waals surface area contributed by atoms with Crippen LogP contribution in [0.3, 0.4) is 0 Å². The summed E-state index contributed by atoms with van der Waals surface area (Å²) >= 11 is 0. The molecule has 2 aromatic carbocycles. The molecule has 0 unspecified atom stereocenters. The topological polar surface area (TPSA) is 34.0 Å². The fraction of sp³-hybridized carbons (Fsp3) is 0.227. The van der Waals surface area contributed by atoms with Crippen LogP contribution in [0.15, 0.2) is 54.6 Å². The number of aryl methyl sites for hydroxylation is 2. The first-order valence-corrected chi connectivity index (χ1v) is 8.84. The van der Waals surface area contributed by atoms with Gasteiger partial charge in [-0.25, -0.2) is 8.78 Å². The molecular weight excluding hydrogens is 346 g/mol. The van der Waals surface area contributed by atoms with Gasteiger partial charge in [-0.1, -0.05) is 36.4 Å². The number of carbonyl (C=O) groups is 1. The van der Waals surface area contributed by atoms with E-state index in [1.165, 1.54) is 18.2 Å². The van der Waals surface area contributed by atoms with Gasteiger partial charge in [0, 0.05) is 11.3 Å². The number of hydrogen-bond donors (Lipinski definition) is 1. The third kappa shape index (κ3) is 3.92. The molecule has 1 aromatic heterocycles. The molecule has 140 valence electrons. The van der Waals surface area contributed by atoms with Crippen molar-refractivity contribution < 1.29 is 13.6 Å². The van der Waals surface area contributed by atoms with Crippen LogP contribution in [0.5, 0.6) is 0 Å². The van der Waals surface area contributed by atoms with E-state index < -0.39 is 11.6 Å². The van der Waals surface area contributed by atoms with Crippen LogP contribution in [0.4, 0.5) is 8.78 Å².